The van der Waals surface area contributed by atoms with Crippen LogP contribution in [-0.4, -0.2) is 34.0 Å². The van der Waals surface area contributed by atoms with E-state index in [-0.39, 0.29) is 5.91 Å². The van der Waals surface area contributed by atoms with E-state index in [0.29, 0.717) is 28.1 Å². The molecule has 2 aliphatic rings. The number of fused-ring (bicyclic) bond motifs is 2. The van der Waals surface area contributed by atoms with Crippen molar-refractivity contribution in [1.82, 2.24) is 15.0 Å². The third-order valence-electron chi connectivity index (χ3n) is 4.75. The Balaban J connectivity index is 1.65. The molecule has 1 aliphatic heterocycles. The molecule has 5 nitrogen and oxygen atoms in total. The van der Waals surface area contributed by atoms with E-state index in [4.69, 9.17) is 4.52 Å². The lowest BCUT2D eigenvalue weighted by Crippen LogP contribution is -2.31. The minimum Gasteiger partial charge on any atom is -0.348 e. The molecule has 1 saturated carbocycles. The van der Waals surface area contributed by atoms with Crippen molar-refractivity contribution in [3.8, 4) is 0 Å². The molecule has 19 heavy (non-hydrogen) atoms. The number of nitrogens with zero attached hydrogens (tertiary/aromatic N) is 3. The fourth-order valence-electron chi connectivity index (χ4n) is 3.38. The molecule has 2 fully saturated rings. The van der Waals surface area contributed by atoms with Gasteiger partial charge in [0.2, 0.25) is 11.4 Å². The second-order valence-electron chi connectivity index (χ2n) is 5.69. The molecule has 0 radical (unpaired) electrons. The third-order valence-corrected chi connectivity index (χ3v) is 4.75. The molecule has 0 N–H and O–H groups in total. The number of likely N-dealkylation sites (tertiary alicyclic amines) is 1. The molecule has 5 heteroatoms. The highest BCUT2D eigenvalue weighted by Crippen LogP contribution is 2.60. The lowest BCUT2D eigenvalue weighted by molar-refractivity contribution is 0.0725. The first-order chi connectivity index (χ1) is 9.23. The molecule has 0 spiro atoms. The van der Waals surface area contributed by atoms with Gasteiger partial charge in [0.25, 0.3) is 5.91 Å². The standard InChI is InChI=1S/C14H15N3O2/c1-2-14-6-9(14)7-17(8-14)13(18)11-10-4-3-5-15-12(10)16-19-11/h3-5,9H,2,6-8H2,1H3. The van der Waals surface area contributed by atoms with Gasteiger partial charge in [-0.05, 0) is 36.3 Å². The van der Waals surface area contributed by atoms with Crippen LogP contribution in [0.25, 0.3) is 11.0 Å². The summed E-state index contributed by atoms with van der Waals surface area (Å²) in [4.78, 5) is 18.5. The van der Waals surface area contributed by atoms with Crippen molar-refractivity contribution in [2.75, 3.05) is 13.1 Å². The quantitative estimate of drug-likeness (QED) is 0.826. The van der Waals surface area contributed by atoms with Crippen molar-refractivity contribution >= 4 is 16.9 Å². The maximum absolute atomic E-state index is 12.5. The first kappa shape index (κ1) is 11.0. The molecular formula is C14H15N3O2. The van der Waals surface area contributed by atoms with Crippen LogP contribution in [0.1, 0.15) is 30.3 Å². The molecule has 0 bridgehead atoms. The summed E-state index contributed by atoms with van der Waals surface area (Å²) in [7, 11) is 0. The fourth-order valence-corrected chi connectivity index (χ4v) is 3.38. The zero-order chi connectivity index (χ0) is 13.0. The first-order valence-electron chi connectivity index (χ1n) is 6.73. The maximum atomic E-state index is 12.5. The second-order valence-corrected chi connectivity index (χ2v) is 5.69. The molecule has 3 heterocycles. The smallest absolute Gasteiger partial charge is 0.293 e. The number of hydrogen-bond acceptors (Lipinski definition) is 4. The summed E-state index contributed by atoms with van der Waals surface area (Å²) in [5.41, 5.74) is 0.893. The van der Waals surface area contributed by atoms with E-state index in [0.717, 1.165) is 19.5 Å². The highest BCUT2D eigenvalue weighted by atomic mass is 16.5. The molecule has 2 atom stereocenters. The second kappa shape index (κ2) is 3.56. The van der Waals surface area contributed by atoms with Gasteiger partial charge >= 0.3 is 0 Å². The monoisotopic (exact) mass is 257 g/mol. The van der Waals surface area contributed by atoms with Gasteiger partial charge in [0.1, 0.15) is 0 Å². The van der Waals surface area contributed by atoms with Crippen LogP contribution in [0.5, 0.6) is 0 Å². The van der Waals surface area contributed by atoms with Crippen molar-refractivity contribution in [2.45, 2.75) is 19.8 Å². The topological polar surface area (TPSA) is 59.2 Å². The number of rotatable bonds is 2. The van der Waals surface area contributed by atoms with Gasteiger partial charge in [-0.15, -0.1) is 0 Å². The summed E-state index contributed by atoms with van der Waals surface area (Å²) < 4.78 is 5.20. The van der Waals surface area contributed by atoms with Crippen LogP contribution in [0.3, 0.4) is 0 Å². The summed E-state index contributed by atoms with van der Waals surface area (Å²) in [5.74, 6) is 0.972. The van der Waals surface area contributed by atoms with E-state index in [1.165, 1.54) is 6.42 Å². The van der Waals surface area contributed by atoms with Crippen LogP contribution in [-0.2, 0) is 0 Å². The normalized spacial score (nSPS) is 28.7. The average molecular weight is 257 g/mol. The minimum atomic E-state index is -0.0458. The van der Waals surface area contributed by atoms with Gasteiger partial charge in [0, 0.05) is 19.3 Å². The Bertz CT molecular complexity index is 662. The molecule has 1 aliphatic carbocycles. The Labute approximate surface area is 110 Å². The minimum absolute atomic E-state index is 0.0458. The van der Waals surface area contributed by atoms with E-state index in [1.54, 1.807) is 12.3 Å². The Morgan fingerprint density at radius 3 is 3.32 bits per heavy atom. The Kier molecular flexibility index (Phi) is 2.05. The zero-order valence-corrected chi connectivity index (χ0v) is 10.8. The Morgan fingerprint density at radius 1 is 1.63 bits per heavy atom. The van der Waals surface area contributed by atoms with Gasteiger partial charge in [-0.2, -0.15) is 0 Å². The summed E-state index contributed by atoms with van der Waals surface area (Å²) in [6, 6.07) is 3.63. The van der Waals surface area contributed by atoms with Crippen LogP contribution < -0.4 is 0 Å². The van der Waals surface area contributed by atoms with E-state index in [9.17, 15) is 4.79 Å². The van der Waals surface area contributed by atoms with Crippen LogP contribution in [0.4, 0.5) is 0 Å². The van der Waals surface area contributed by atoms with E-state index in [1.807, 2.05) is 11.0 Å². The highest BCUT2D eigenvalue weighted by molar-refractivity contribution is 6.02. The summed E-state index contributed by atoms with van der Waals surface area (Å²) >= 11 is 0. The summed E-state index contributed by atoms with van der Waals surface area (Å²) in [6.45, 7) is 3.92. The molecule has 98 valence electrons. The molecule has 2 unspecified atom stereocenters. The first-order valence-corrected chi connectivity index (χ1v) is 6.73. The number of amides is 1. The van der Waals surface area contributed by atoms with Gasteiger partial charge in [0.05, 0.1) is 5.39 Å². The fraction of sp³-hybridized carbons (Fsp3) is 0.500. The predicted octanol–water partition coefficient (Wildman–Crippen LogP) is 2.09. The number of carbonyl (C=O) groups is 1. The summed E-state index contributed by atoms with van der Waals surface area (Å²) in [5, 5.41) is 4.55. The van der Waals surface area contributed by atoms with Crippen molar-refractivity contribution in [1.29, 1.82) is 0 Å². The molecule has 4 rings (SSSR count). The predicted molar refractivity (Wildman–Crippen MR) is 68.5 cm³/mol. The number of hydrogen-bond donors (Lipinski definition) is 0. The SMILES string of the molecule is CCC12CC1CN(C(=O)c1onc3ncccc13)C2. The molecule has 1 saturated heterocycles. The van der Waals surface area contributed by atoms with Crippen molar-refractivity contribution in [3.05, 3.63) is 24.1 Å². The van der Waals surface area contributed by atoms with Crippen LogP contribution >= 0.6 is 0 Å². The zero-order valence-electron chi connectivity index (χ0n) is 10.8. The Hall–Kier alpha value is -1.91. The Morgan fingerprint density at radius 2 is 2.53 bits per heavy atom. The van der Waals surface area contributed by atoms with Crippen LogP contribution in [0.2, 0.25) is 0 Å². The number of carbonyl (C=O) groups excluding carboxylic acids is 1. The highest BCUT2D eigenvalue weighted by Gasteiger charge is 2.59. The third kappa shape index (κ3) is 1.44. The lowest BCUT2D eigenvalue weighted by atomic mass is 10.0. The number of pyridine rings is 1. The number of piperidine rings is 1. The molecule has 2 aromatic rings. The van der Waals surface area contributed by atoms with Gasteiger partial charge in [-0.1, -0.05) is 12.1 Å². The largest absolute Gasteiger partial charge is 0.348 e. The summed E-state index contributed by atoms with van der Waals surface area (Å²) in [6.07, 6.45) is 4.07. The van der Waals surface area contributed by atoms with Crippen molar-refractivity contribution < 1.29 is 9.32 Å². The van der Waals surface area contributed by atoms with Crippen molar-refractivity contribution in [2.24, 2.45) is 11.3 Å². The number of aromatic nitrogens is 2. The van der Waals surface area contributed by atoms with Crippen LogP contribution in [0.15, 0.2) is 22.9 Å². The molecule has 1 amide bonds. The molecular weight excluding hydrogens is 242 g/mol. The van der Waals surface area contributed by atoms with E-state index in [2.05, 4.69) is 17.1 Å². The van der Waals surface area contributed by atoms with Gasteiger partial charge in [0.15, 0.2) is 0 Å². The lowest BCUT2D eigenvalue weighted by Gasteiger charge is -2.18. The van der Waals surface area contributed by atoms with E-state index >= 15 is 0 Å². The van der Waals surface area contributed by atoms with E-state index < -0.39 is 0 Å². The average Bonchev–Trinajstić information content (AvgIpc) is 2.84. The van der Waals surface area contributed by atoms with Crippen LogP contribution in [0, 0.1) is 11.3 Å². The van der Waals surface area contributed by atoms with Crippen molar-refractivity contribution in [3.63, 3.8) is 0 Å². The maximum Gasteiger partial charge on any atom is 0.293 e. The van der Waals surface area contributed by atoms with Gasteiger partial charge < -0.3 is 9.42 Å². The van der Waals surface area contributed by atoms with Gasteiger partial charge in [-0.3, -0.25) is 4.79 Å². The molecule has 2 aromatic heterocycles. The molecule has 0 aromatic carbocycles. The van der Waals surface area contributed by atoms with Gasteiger partial charge in [-0.25, -0.2) is 4.98 Å².